The lowest BCUT2D eigenvalue weighted by molar-refractivity contribution is 0.102. The number of rotatable bonds is 4. The van der Waals surface area contributed by atoms with E-state index in [0.29, 0.717) is 15.7 Å². The van der Waals surface area contributed by atoms with Crippen LogP contribution in [0.1, 0.15) is 10.4 Å². The zero-order chi connectivity index (χ0) is 19.9. The van der Waals surface area contributed by atoms with Crippen molar-refractivity contribution in [2.24, 2.45) is 0 Å². The number of nitrogens with zero attached hydrogens (tertiary/aromatic N) is 1. The molecule has 9 heteroatoms. The Morgan fingerprint density at radius 3 is 2.61 bits per heavy atom. The van der Waals surface area contributed by atoms with E-state index in [2.05, 4.69) is 10.3 Å². The quantitative estimate of drug-likeness (QED) is 0.486. The van der Waals surface area contributed by atoms with Gasteiger partial charge in [0.15, 0.2) is 0 Å². The van der Waals surface area contributed by atoms with E-state index in [9.17, 15) is 13.2 Å². The molecule has 0 bridgehead atoms. The Bertz CT molecular complexity index is 1310. The van der Waals surface area contributed by atoms with Gasteiger partial charge in [0.2, 0.25) is 0 Å². The highest BCUT2D eigenvalue weighted by Gasteiger charge is 2.19. The topological polar surface area (TPSA) is 84.0 Å². The molecule has 4 aromatic rings. The van der Waals surface area contributed by atoms with Gasteiger partial charge in [0.05, 0.1) is 20.5 Å². The van der Waals surface area contributed by atoms with Crippen LogP contribution in [0.5, 0.6) is 0 Å². The van der Waals surface area contributed by atoms with E-state index in [-0.39, 0.29) is 10.5 Å². The maximum absolute atomic E-state index is 12.9. The monoisotopic (exact) mass is 433 g/mol. The van der Waals surface area contributed by atoms with Gasteiger partial charge in [-0.3, -0.25) is 4.79 Å². The van der Waals surface area contributed by atoms with Crippen molar-refractivity contribution in [1.82, 2.24) is 8.96 Å². The second-order valence-corrected chi connectivity index (χ2v) is 8.70. The number of fused-ring (bicyclic) bond motifs is 1. The van der Waals surface area contributed by atoms with E-state index in [1.165, 1.54) is 30.6 Å². The summed E-state index contributed by atoms with van der Waals surface area (Å²) in [5.74, 6) is -0.464. The molecule has 0 radical (unpaired) electrons. The van der Waals surface area contributed by atoms with Crippen LogP contribution < -0.4 is 5.32 Å². The van der Waals surface area contributed by atoms with Gasteiger partial charge in [-0.1, -0.05) is 23.2 Å². The minimum absolute atomic E-state index is 0.131. The van der Waals surface area contributed by atoms with E-state index >= 15 is 0 Å². The average Bonchev–Trinajstić information content (AvgIpc) is 3.33. The lowest BCUT2D eigenvalue weighted by atomic mass is 10.2. The molecule has 1 amide bonds. The van der Waals surface area contributed by atoms with Gasteiger partial charge >= 0.3 is 0 Å². The Morgan fingerprint density at radius 2 is 1.82 bits per heavy atom. The van der Waals surface area contributed by atoms with Crippen LogP contribution >= 0.6 is 23.2 Å². The molecular weight excluding hydrogens is 421 g/mol. The van der Waals surface area contributed by atoms with Gasteiger partial charge in [0, 0.05) is 35.2 Å². The number of H-pyrrole nitrogens is 1. The number of hydrogen-bond donors (Lipinski definition) is 2. The minimum atomic E-state index is -3.82. The summed E-state index contributed by atoms with van der Waals surface area (Å²) in [6.45, 7) is 0. The molecule has 0 saturated heterocycles. The van der Waals surface area contributed by atoms with Crippen LogP contribution in [0.15, 0.2) is 72.0 Å². The molecule has 2 heterocycles. The fraction of sp³-hybridized carbons (Fsp3) is 0. The number of carbonyl (C=O) groups excluding carboxylic acids is 1. The third kappa shape index (κ3) is 3.40. The minimum Gasteiger partial charge on any atom is -0.361 e. The predicted molar refractivity (Wildman–Crippen MR) is 110 cm³/mol. The van der Waals surface area contributed by atoms with E-state index in [1.54, 1.807) is 36.5 Å². The smallest absolute Gasteiger partial charge is 0.267 e. The van der Waals surface area contributed by atoms with Crippen molar-refractivity contribution in [3.05, 3.63) is 82.7 Å². The van der Waals surface area contributed by atoms with Crippen molar-refractivity contribution in [3.8, 4) is 0 Å². The van der Waals surface area contributed by atoms with Gasteiger partial charge in [-0.05, 0) is 48.5 Å². The van der Waals surface area contributed by atoms with E-state index in [1.807, 2.05) is 0 Å². The maximum atomic E-state index is 12.9. The maximum Gasteiger partial charge on any atom is 0.267 e. The number of carbonyl (C=O) groups is 1. The third-order valence-electron chi connectivity index (χ3n) is 4.21. The molecule has 142 valence electrons. The van der Waals surface area contributed by atoms with Crippen LogP contribution in [-0.2, 0) is 10.0 Å². The Kier molecular flexibility index (Phi) is 4.66. The summed E-state index contributed by atoms with van der Waals surface area (Å²) >= 11 is 11.8. The zero-order valence-corrected chi connectivity index (χ0v) is 16.5. The van der Waals surface area contributed by atoms with E-state index in [4.69, 9.17) is 23.2 Å². The molecule has 0 aliphatic rings. The molecule has 6 nitrogen and oxygen atoms in total. The fourth-order valence-electron chi connectivity index (χ4n) is 2.75. The van der Waals surface area contributed by atoms with Crippen molar-refractivity contribution < 1.29 is 13.2 Å². The zero-order valence-electron chi connectivity index (χ0n) is 14.2. The molecule has 0 atom stereocenters. The van der Waals surface area contributed by atoms with Crippen LogP contribution in [-0.4, -0.2) is 23.3 Å². The van der Waals surface area contributed by atoms with Crippen molar-refractivity contribution >= 4 is 55.7 Å². The highest BCUT2D eigenvalue weighted by molar-refractivity contribution is 7.90. The van der Waals surface area contributed by atoms with Crippen molar-refractivity contribution in [3.63, 3.8) is 0 Å². The molecule has 0 unspecified atom stereocenters. The summed E-state index contributed by atoms with van der Waals surface area (Å²) in [5.41, 5.74) is 1.48. The summed E-state index contributed by atoms with van der Waals surface area (Å²) < 4.78 is 26.7. The average molecular weight is 434 g/mol. The molecular formula is C19H13Cl2N3O3S. The number of nitrogens with one attached hydrogen (secondary N) is 2. The summed E-state index contributed by atoms with van der Waals surface area (Å²) in [6, 6.07) is 12.7. The number of halogens is 2. The Hall–Kier alpha value is -2.74. The summed E-state index contributed by atoms with van der Waals surface area (Å²) in [6.07, 6.45) is 4.34. The second-order valence-electron chi connectivity index (χ2n) is 6.04. The summed E-state index contributed by atoms with van der Waals surface area (Å²) in [5, 5.41) is 4.12. The molecule has 28 heavy (non-hydrogen) atoms. The predicted octanol–water partition coefficient (Wildman–Crippen LogP) is 4.77. The van der Waals surface area contributed by atoms with Gasteiger partial charge in [0.25, 0.3) is 15.9 Å². The number of aromatic amines is 1. The van der Waals surface area contributed by atoms with Crippen molar-refractivity contribution in [2.75, 3.05) is 5.32 Å². The molecule has 0 saturated carbocycles. The van der Waals surface area contributed by atoms with Gasteiger partial charge in [0.1, 0.15) is 0 Å². The first kappa shape index (κ1) is 18.6. The Morgan fingerprint density at radius 1 is 1.00 bits per heavy atom. The lowest BCUT2D eigenvalue weighted by Crippen LogP contribution is -2.13. The van der Waals surface area contributed by atoms with Crippen LogP contribution in [0.3, 0.4) is 0 Å². The first-order valence-corrected chi connectivity index (χ1v) is 10.3. The van der Waals surface area contributed by atoms with Gasteiger partial charge in [-0.2, -0.15) is 0 Å². The van der Waals surface area contributed by atoms with Crippen molar-refractivity contribution in [1.29, 1.82) is 0 Å². The third-order valence-corrected chi connectivity index (χ3v) is 6.58. The normalized spacial score (nSPS) is 11.6. The van der Waals surface area contributed by atoms with Gasteiger partial charge in [-0.25, -0.2) is 12.4 Å². The van der Waals surface area contributed by atoms with Crippen LogP contribution in [0.25, 0.3) is 10.9 Å². The molecule has 0 aliphatic heterocycles. The van der Waals surface area contributed by atoms with Crippen LogP contribution in [0.2, 0.25) is 10.0 Å². The summed E-state index contributed by atoms with van der Waals surface area (Å²) in [7, 11) is -3.82. The molecule has 0 spiro atoms. The number of benzene rings is 2. The first-order chi connectivity index (χ1) is 13.3. The molecule has 2 aromatic heterocycles. The number of anilines is 1. The van der Waals surface area contributed by atoms with Gasteiger partial charge < -0.3 is 10.3 Å². The van der Waals surface area contributed by atoms with Gasteiger partial charge in [-0.15, -0.1) is 0 Å². The lowest BCUT2D eigenvalue weighted by Gasteiger charge is -2.07. The molecule has 2 N–H and O–H groups in total. The standard InChI is InChI=1S/C19H13Cl2N3O3S/c20-16-3-1-14(10-17(16)21)23-19(25)13-6-8-24(11-13)28(26,27)15-2-4-18-12(9-15)5-7-22-18/h1-11,22H,(H,23,25). The fourth-order valence-corrected chi connectivity index (χ4v) is 4.28. The number of hydrogen-bond acceptors (Lipinski definition) is 3. The second kappa shape index (κ2) is 7.01. The highest BCUT2D eigenvalue weighted by atomic mass is 35.5. The largest absolute Gasteiger partial charge is 0.361 e. The first-order valence-electron chi connectivity index (χ1n) is 8.12. The Balaban J connectivity index is 1.60. The number of aromatic nitrogens is 2. The molecule has 0 fully saturated rings. The van der Waals surface area contributed by atoms with E-state index < -0.39 is 15.9 Å². The molecule has 2 aromatic carbocycles. The highest BCUT2D eigenvalue weighted by Crippen LogP contribution is 2.25. The van der Waals surface area contributed by atoms with Crippen LogP contribution in [0.4, 0.5) is 5.69 Å². The van der Waals surface area contributed by atoms with Crippen LogP contribution in [0, 0.1) is 0 Å². The van der Waals surface area contributed by atoms with E-state index in [0.717, 1.165) is 14.9 Å². The molecule has 4 rings (SSSR count). The summed E-state index contributed by atoms with van der Waals surface area (Å²) in [4.78, 5) is 15.6. The SMILES string of the molecule is O=C(Nc1ccc(Cl)c(Cl)c1)c1ccn(S(=O)(=O)c2ccc3[nH]ccc3c2)c1. The molecule has 0 aliphatic carbocycles. The number of amides is 1. The Labute approximate surface area is 170 Å². The van der Waals surface area contributed by atoms with Crippen molar-refractivity contribution in [2.45, 2.75) is 4.90 Å².